The average Bonchev–Trinajstić information content (AvgIpc) is 2.78. The van der Waals surface area contributed by atoms with Crippen molar-refractivity contribution < 1.29 is 0 Å². The van der Waals surface area contributed by atoms with Crippen LogP contribution in [-0.4, -0.2) is 37.6 Å². The maximum atomic E-state index is 3.71. The molecule has 0 radical (unpaired) electrons. The second-order valence-electron chi connectivity index (χ2n) is 4.11. The van der Waals surface area contributed by atoms with Gasteiger partial charge in [-0.3, -0.25) is 4.90 Å². The molecule has 0 unspecified atom stereocenters. The van der Waals surface area contributed by atoms with Crippen molar-refractivity contribution in [3.05, 3.63) is 12.7 Å². The van der Waals surface area contributed by atoms with E-state index in [1.165, 1.54) is 58.3 Å². The molecule has 0 aromatic rings. The molecular weight excluding hydrogens is 172 g/mol. The first-order chi connectivity index (χ1) is 6.93. The molecule has 2 fully saturated rings. The van der Waals surface area contributed by atoms with Gasteiger partial charge in [0.2, 0.25) is 0 Å². The minimum absolute atomic E-state index is 1.08. The monoisotopic (exact) mass is 196 g/mol. The predicted octanol–water partition coefficient (Wildman–Crippen LogP) is 2.03. The Balaban J connectivity index is 0.000000165. The number of nitrogens with one attached hydrogen (secondary N) is 1. The summed E-state index contributed by atoms with van der Waals surface area (Å²) in [6, 6.07) is 0. The number of hydrogen-bond acceptors (Lipinski definition) is 2. The number of piperidine rings is 1. The van der Waals surface area contributed by atoms with Gasteiger partial charge < -0.3 is 5.32 Å². The van der Waals surface area contributed by atoms with Gasteiger partial charge in [-0.25, -0.2) is 0 Å². The Labute approximate surface area is 88.4 Å². The molecule has 0 saturated carbocycles. The first kappa shape index (κ1) is 11.7. The van der Waals surface area contributed by atoms with E-state index in [0.717, 1.165) is 6.54 Å². The first-order valence-corrected chi connectivity index (χ1v) is 5.97. The van der Waals surface area contributed by atoms with E-state index in [0.29, 0.717) is 0 Å². The maximum absolute atomic E-state index is 3.71. The third-order valence-corrected chi connectivity index (χ3v) is 2.79. The van der Waals surface area contributed by atoms with Crippen LogP contribution in [-0.2, 0) is 0 Å². The zero-order chi connectivity index (χ0) is 10.1. The molecule has 2 saturated heterocycles. The smallest absolute Gasteiger partial charge is 0.0160 e. The van der Waals surface area contributed by atoms with Crippen molar-refractivity contribution in [2.75, 3.05) is 32.7 Å². The highest BCUT2D eigenvalue weighted by molar-refractivity contribution is 4.75. The minimum atomic E-state index is 1.08. The van der Waals surface area contributed by atoms with Crippen molar-refractivity contribution in [3.63, 3.8) is 0 Å². The largest absolute Gasteiger partial charge is 0.317 e. The summed E-state index contributed by atoms with van der Waals surface area (Å²) in [7, 11) is 0. The molecule has 82 valence electrons. The molecule has 0 spiro atoms. The lowest BCUT2D eigenvalue weighted by Gasteiger charge is -2.24. The lowest BCUT2D eigenvalue weighted by molar-refractivity contribution is 0.251. The van der Waals surface area contributed by atoms with E-state index in [2.05, 4.69) is 16.8 Å². The Kier molecular flexibility index (Phi) is 6.71. The van der Waals surface area contributed by atoms with Crippen LogP contribution >= 0.6 is 0 Å². The molecule has 0 atom stereocenters. The van der Waals surface area contributed by atoms with Crippen LogP contribution in [0.25, 0.3) is 0 Å². The molecule has 2 nitrogen and oxygen atoms in total. The molecule has 2 heteroatoms. The van der Waals surface area contributed by atoms with E-state index < -0.39 is 0 Å². The Morgan fingerprint density at radius 1 is 1.00 bits per heavy atom. The normalized spacial score (nSPS) is 22.6. The van der Waals surface area contributed by atoms with Gasteiger partial charge in [0, 0.05) is 6.54 Å². The van der Waals surface area contributed by atoms with E-state index in [1.807, 2.05) is 6.08 Å². The highest BCUT2D eigenvalue weighted by Crippen LogP contribution is 2.07. The second kappa shape index (κ2) is 8.01. The molecule has 2 heterocycles. The Morgan fingerprint density at radius 3 is 2.07 bits per heavy atom. The van der Waals surface area contributed by atoms with E-state index in [-0.39, 0.29) is 0 Å². The zero-order valence-electron chi connectivity index (χ0n) is 9.30. The summed E-state index contributed by atoms with van der Waals surface area (Å²) in [5.74, 6) is 0. The van der Waals surface area contributed by atoms with Crippen LogP contribution in [0.4, 0.5) is 0 Å². The van der Waals surface area contributed by atoms with E-state index in [1.54, 1.807) is 0 Å². The van der Waals surface area contributed by atoms with Crippen molar-refractivity contribution in [2.24, 2.45) is 0 Å². The van der Waals surface area contributed by atoms with Gasteiger partial charge in [-0.05, 0) is 51.9 Å². The van der Waals surface area contributed by atoms with Crippen LogP contribution in [0.5, 0.6) is 0 Å². The van der Waals surface area contributed by atoms with Gasteiger partial charge in [-0.2, -0.15) is 0 Å². The van der Waals surface area contributed by atoms with E-state index >= 15 is 0 Å². The van der Waals surface area contributed by atoms with Crippen molar-refractivity contribution >= 4 is 0 Å². The second-order valence-corrected chi connectivity index (χ2v) is 4.11. The molecule has 2 aliphatic rings. The van der Waals surface area contributed by atoms with Crippen LogP contribution in [0.1, 0.15) is 32.1 Å². The lowest BCUT2D eigenvalue weighted by atomic mass is 10.1. The molecular formula is C12H24N2. The average molecular weight is 196 g/mol. The summed E-state index contributed by atoms with van der Waals surface area (Å²) in [6.07, 6.45) is 8.96. The fourth-order valence-electron chi connectivity index (χ4n) is 1.95. The minimum Gasteiger partial charge on any atom is -0.317 e. The van der Waals surface area contributed by atoms with Gasteiger partial charge in [0.1, 0.15) is 0 Å². The van der Waals surface area contributed by atoms with Gasteiger partial charge in [-0.15, -0.1) is 6.58 Å². The van der Waals surface area contributed by atoms with Crippen LogP contribution in [0.3, 0.4) is 0 Å². The summed E-state index contributed by atoms with van der Waals surface area (Å²) in [6.45, 7) is 9.86. The van der Waals surface area contributed by atoms with Gasteiger partial charge in [0.05, 0.1) is 0 Å². The quantitative estimate of drug-likeness (QED) is 0.680. The van der Waals surface area contributed by atoms with Gasteiger partial charge in [0.15, 0.2) is 0 Å². The van der Waals surface area contributed by atoms with Gasteiger partial charge in [0.25, 0.3) is 0 Å². The van der Waals surface area contributed by atoms with Crippen LogP contribution in [0.2, 0.25) is 0 Å². The highest BCUT2D eigenvalue weighted by Gasteiger charge is 2.06. The topological polar surface area (TPSA) is 15.3 Å². The summed E-state index contributed by atoms with van der Waals surface area (Å²) in [5, 5.41) is 3.22. The Hall–Kier alpha value is -0.340. The predicted molar refractivity (Wildman–Crippen MR) is 62.6 cm³/mol. The van der Waals surface area contributed by atoms with Crippen molar-refractivity contribution in [2.45, 2.75) is 32.1 Å². The summed E-state index contributed by atoms with van der Waals surface area (Å²) < 4.78 is 0. The molecule has 0 bridgehead atoms. The highest BCUT2D eigenvalue weighted by atomic mass is 15.1. The van der Waals surface area contributed by atoms with Gasteiger partial charge >= 0.3 is 0 Å². The fraction of sp³-hybridized carbons (Fsp3) is 0.833. The SMILES string of the molecule is C1CCNC1.C=CCN1CCCCC1. The number of rotatable bonds is 2. The van der Waals surface area contributed by atoms with Crippen LogP contribution in [0, 0.1) is 0 Å². The van der Waals surface area contributed by atoms with Crippen molar-refractivity contribution in [3.8, 4) is 0 Å². The van der Waals surface area contributed by atoms with Crippen molar-refractivity contribution in [1.82, 2.24) is 10.2 Å². The van der Waals surface area contributed by atoms with Crippen LogP contribution in [0.15, 0.2) is 12.7 Å². The maximum Gasteiger partial charge on any atom is 0.0160 e. The molecule has 2 aliphatic heterocycles. The van der Waals surface area contributed by atoms with Crippen LogP contribution < -0.4 is 5.32 Å². The standard InChI is InChI=1S/C8H15N.C4H9N/c1-2-6-9-7-4-3-5-8-9;1-2-4-5-3-1/h2H,1,3-8H2;5H,1-4H2. The number of hydrogen-bond donors (Lipinski definition) is 1. The fourth-order valence-corrected chi connectivity index (χ4v) is 1.95. The third-order valence-electron chi connectivity index (χ3n) is 2.79. The first-order valence-electron chi connectivity index (χ1n) is 5.97. The zero-order valence-corrected chi connectivity index (χ0v) is 9.30. The van der Waals surface area contributed by atoms with Gasteiger partial charge in [-0.1, -0.05) is 12.5 Å². The van der Waals surface area contributed by atoms with E-state index in [4.69, 9.17) is 0 Å². The van der Waals surface area contributed by atoms with E-state index in [9.17, 15) is 0 Å². The van der Waals surface area contributed by atoms with Crippen molar-refractivity contribution in [1.29, 1.82) is 0 Å². The Morgan fingerprint density at radius 2 is 1.64 bits per heavy atom. The molecule has 2 rings (SSSR count). The molecule has 14 heavy (non-hydrogen) atoms. The number of nitrogens with zero attached hydrogens (tertiary/aromatic N) is 1. The molecule has 0 aromatic carbocycles. The molecule has 1 N–H and O–H groups in total. The lowest BCUT2D eigenvalue weighted by Crippen LogP contribution is -2.29. The molecule has 0 amide bonds. The Bertz CT molecular complexity index is 128. The summed E-state index contributed by atoms with van der Waals surface area (Å²) >= 11 is 0. The molecule has 0 aliphatic carbocycles. The summed E-state index contributed by atoms with van der Waals surface area (Å²) in [4.78, 5) is 2.45. The summed E-state index contributed by atoms with van der Waals surface area (Å²) in [5.41, 5.74) is 0. The third kappa shape index (κ3) is 5.40. The number of likely N-dealkylation sites (tertiary alicyclic amines) is 1. The molecule has 0 aromatic heterocycles.